The molecule has 0 aliphatic rings. The van der Waals surface area contributed by atoms with E-state index in [9.17, 15) is 14.6 Å². The van der Waals surface area contributed by atoms with E-state index in [0.717, 1.165) is 12.8 Å². The van der Waals surface area contributed by atoms with E-state index in [1.54, 1.807) is 0 Å². The van der Waals surface area contributed by atoms with Crippen molar-refractivity contribution in [2.75, 3.05) is 47.1 Å². The second kappa shape index (κ2) is 23.5. The van der Waals surface area contributed by atoms with E-state index in [-0.39, 0.29) is 19.8 Å². The van der Waals surface area contributed by atoms with Crippen molar-refractivity contribution in [3.8, 4) is 0 Å². The Morgan fingerprint density at radius 3 is 1.91 bits per heavy atom. The molecule has 0 aromatic carbocycles. The number of phosphoric acid groups is 1. The van der Waals surface area contributed by atoms with Gasteiger partial charge in [0, 0.05) is 13.2 Å². The number of aliphatic hydroxyl groups excluding tert-OH is 1. The summed E-state index contributed by atoms with van der Waals surface area (Å²) in [7, 11) is -0.452. The van der Waals surface area contributed by atoms with Crippen LogP contribution in [0.1, 0.15) is 96.8 Å². The Balaban J connectivity index is 3.38. The molecule has 198 valence electrons. The third kappa shape index (κ3) is 26.2. The minimum atomic E-state index is -4.13. The van der Waals surface area contributed by atoms with Gasteiger partial charge in [0.2, 0.25) is 0 Å². The second-order valence-corrected chi connectivity index (χ2v) is 10.5. The van der Waals surface area contributed by atoms with Crippen LogP contribution in [0.25, 0.3) is 0 Å². The molecular formula is C25H52NO6P. The fourth-order valence-electron chi connectivity index (χ4n) is 3.28. The van der Waals surface area contributed by atoms with Crippen molar-refractivity contribution in [2.45, 2.75) is 103 Å². The molecule has 0 aromatic rings. The quantitative estimate of drug-likeness (QED) is 0.0903. The maximum absolute atomic E-state index is 11.7. The van der Waals surface area contributed by atoms with E-state index in [0.29, 0.717) is 13.2 Å². The van der Waals surface area contributed by atoms with Gasteiger partial charge in [0.15, 0.2) is 0 Å². The van der Waals surface area contributed by atoms with Gasteiger partial charge >= 0.3 is 7.82 Å². The maximum Gasteiger partial charge on any atom is 0.472 e. The van der Waals surface area contributed by atoms with Crippen LogP contribution in [0.2, 0.25) is 0 Å². The summed E-state index contributed by atoms with van der Waals surface area (Å²) >= 11 is 0. The molecule has 8 heteroatoms. The largest absolute Gasteiger partial charge is 0.472 e. The zero-order valence-corrected chi connectivity index (χ0v) is 22.5. The molecule has 0 fully saturated rings. The lowest BCUT2D eigenvalue weighted by atomic mass is 10.1. The standard InChI is InChI=1S/C25H52NO6P/c1-4-5-6-7-8-9-10-11-12-13-14-15-16-17-18-19-21-30-23-25(27)24-32-33(28,29)31-22-20-26(2)3/h11-12,25,27H,4-10,13-24H2,1-3H3,(H,28,29)/b12-11-/t25-/m1/s1. The van der Waals surface area contributed by atoms with E-state index < -0.39 is 13.9 Å². The Hall–Kier alpha value is -0.270. The molecule has 0 amide bonds. The van der Waals surface area contributed by atoms with Crippen LogP contribution in [-0.2, 0) is 18.3 Å². The van der Waals surface area contributed by atoms with Crippen molar-refractivity contribution >= 4 is 7.82 Å². The van der Waals surface area contributed by atoms with Crippen molar-refractivity contribution in [3.05, 3.63) is 12.2 Å². The molecule has 2 atom stereocenters. The summed E-state index contributed by atoms with van der Waals surface area (Å²) in [6, 6.07) is 0. The predicted molar refractivity (Wildman–Crippen MR) is 137 cm³/mol. The highest BCUT2D eigenvalue weighted by Crippen LogP contribution is 2.42. The minimum absolute atomic E-state index is 0.0861. The average molecular weight is 494 g/mol. The molecule has 0 aromatic heterocycles. The van der Waals surface area contributed by atoms with Gasteiger partial charge in [-0.25, -0.2) is 4.57 Å². The number of hydrogen-bond donors (Lipinski definition) is 2. The Labute approximate surface area is 203 Å². The van der Waals surface area contributed by atoms with Gasteiger partial charge in [-0.05, 0) is 46.2 Å². The predicted octanol–water partition coefficient (Wildman–Crippen LogP) is 6.10. The van der Waals surface area contributed by atoms with E-state index in [4.69, 9.17) is 13.8 Å². The summed E-state index contributed by atoms with van der Waals surface area (Å²) in [6.07, 6.45) is 21.4. The van der Waals surface area contributed by atoms with Crippen LogP contribution in [0.3, 0.4) is 0 Å². The molecule has 1 unspecified atom stereocenters. The number of likely N-dealkylation sites (N-methyl/N-ethyl adjacent to an activating group) is 1. The first-order valence-electron chi connectivity index (χ1n) is 13.0. The summed E-state index contributed by atoms with van der Waals surface area (Å²) in [4.78, 5) is 11.4. The van der Waals surface area contributed by atoms with Crippen molar-refractivity contribution in [3.63, 3.8) is 0 Å². The van der Waals surface area contributed by atoms with Crippen LogP contribution in [0, 0.1) is 0 Å². The molecular weight excluding hydrogens is 441 g/mol. The number of unbranched alkanes of at least 4 members (excludes halogenated alkanes) is 12. The molecule has 0 rings (SSSR count). The first-order chi connectivity index (χ1) is 15.9. The zero-order chi connectivity index (χ0) is 24.6. The van der Waals surface area contributed by atoms with Crippen LogP contribution in [-0.4, -0.2) is 68.1 Å². The summed E-state index contributed by atoms with van der Waals surface area (Å²) in [5.74, 6) is 0. The summed E-state index contributed by atoms with van der Waals surface area (Å²) in [5.41, 5.74) is 0. The third-order valence-electron chi connectivity index (χ3n) is 5.33. The third-order valence-corrected chi connectivity index (χ3v) is 6.32. The molecule has 7 nitrogen and oxygen atoms in total. The number of aliphatic hydroxyl groups is 1. The molecule has 0 bridgehead atoms. The summed E-state index contributed by atoms with van der Waals surface area (Å²) < 4.78 is 26.7. The molecule has 0 saturated carbocycles. The molecule has 2 N–H and O–H groups in total. The Morgan fingerprint density at radius 1 is 0.788 bits per heavy atom. The molecule has 0 saturated heterocycles. The molecule has 0 heterocycles. The van der Waals surface area contributed by atoms with Gasteiger partial charge in [-0.1, -0.05) is 76.9 Å². The van der Waals surface area contributed by atoms with Gasteiger partial charge < -0.3 is 19.6 Å². The average Bonchev–Trinajstić information content (AvgIpc) is 2.76. The van der Waals surface area contributed by atoms with E-state index >= 15 is 0 Å². The van der Waals surface area contributed by atoms with Crippen LogP contribution in [0.15, 0.2) is 12.2 Å². The van der Waals surface area contributed by atoms with Crippen LogP contribution < -0.4 is 0 Å². The normalized spacial score (nSPS) is 14.8. The Kier molecular flexibility index (Phi) is 23.3. The lowest BCUT2D eigenvalue weighted by molar-refractivity contribution is 0.00186. The Morgan fingerprint density at radius 2 is 1.33 bits per heavy atom. The summed E-state index contributed by atoms with van der Waals surface area (Å²) in [5, 5.41) is 9.81. The smallest absolute Gasteiger partial charge is 0.388 e. The van der Waals surface area contributed by atoms with Crippen LogP contribution in [0.4, 0.5) is 0 Å². The highest BCUT2D eigenvalue weighted by molar-refractivity contribution is 7.47. The highest BCUT2D eigenvalue weighted by Gasteiger charge is 2.22. The molecule has 0 aliphatic carbocycles. The lowest BCUT2D eigenvalue weighted by Gasteiger charge is -2.16. The van der Waals surface area contributed by atoms with Gasteiger partial charge in [0.25, 0.3) is 0 Å². The number of nitrogens with zero attached hydrogens (tertiary/aromatic N) is 1. The van der Waals surface area contributed by atoms with Crippen molar-refractivity contribution < 1.29 is 28.3 Å². The second-order valence-electron chi connectivity index (χ2n) is 9.07. The van der Waals surface area contributed by atoms with Crippen molar-refractivity contribution in [2.24, 2.45) is 0 Å². The van der Waals surface area contributed by atoms with Gasteiger partial charge in [0.05, 0.1) is 19.8 Å². The maximum atomic E-state index is 11.7. The first kappa shape index (κ1) is 32.7. The van der Waals surface area contributed by atoms with Gasteiger partial charge in [-0.2, -0.15) is 0 Å². The summed E-state index contributed by atoms with van der Waals surface area (Å²) in [6.45, 7) is 3.23. The molecule has 0 radical (unpaired) electrons. The van der Waals surface area contributed by atoms with Crippen molar-refractivity contribution in [1.29, 1.82) is 0 Å². The number of rotatable bonds is 25. The van der Waals surface area contributed by atoms with Crippen LogP contribution >= 0.6 is 7.82 Å². The monoisotopic (exact) mass is 493 g/mol. The molecule has 0 aliphatic heterocycles. The molecule has 0 spiro atoms. The first-order valence-corrected chi connectivity index (χ1v) is 14.5. The minimum Gasteiger partial charge on any atom is -0.388 e. The zero-order valence-electron chi connectivity index (χ0n) is 21.6. The number of hydrogen-bond acceptors (Lipinski definition) is 6. The molecule has 33 heavy (non-hydrogen) atoms. The SMILES string of the molecule is CCCCCCCC/C=C\CCCCCCCCOC[C@@H](O)COP(=O)(O)OCCN(C)C. The van der Waals surface area contributed by atoms with E-state index in [1.807, 2.05) is 19.0 Å². The Bertz CT molecular complexity index is 490. The number of phosphoric ester groups is 1. The van der Waals surface area contributed by atoms with Gasteiger partial charge in [-0.3, -0.25) is 9.05 Å². The topological polar surface area (TPSA) is 88.5 Å². The number of allylic oxidation sites excluding steroid dienone is 2. The van der Waals surface area contributed by atoms with E-state index in [1.165, 1.54) is 77.0 Å². The fraction of sp³-hybridized carbons (Fsp3) is 0.920. The highest BCUT2D eigenvalue weighted by atomic mass is 31.2. The van der Waals surface area contributed by atoms with E-state index in [2.05, 4.69) is 19.1 Å². The lowest BCUT2D eigenvalue weighted by Crippen LogP contribution is -2.22. The fourth-order valence-corrected chi connectivity index (χ4v) is 4.02. The number of ether oxygens (including phenoxy) is 1. The van der Waals surface area contributed by atoms with Crippen LogP contribution in [0.5, 0.6) is 0 Å². The van der Waals surface area contributed by atoms with Gasteiger partial charge in [-0.15, -0.1) is 0 Å². The van der Waals surface area contributed by atoms with Gasteiger partial charge in [0.1, 0.15) is 6.10 Å². The van der Waals surface area contributed by atoms with Crippen molar-refractivity contribution in [1.82, 2.24) is 4.90 Å².